The van der Waals surface area contributed by atoms with Crippen LogP contribution in [0.15, 0.2) is 83.3 Å². The van der Waals surface area contributed by atoms with Crippen LogP contribution in [0.5, 0.6) is 11.5 Å². The lowest BCUT2D eigenvalue weighted by Crippen LogP contribution is -2.13. The fourth-order valence-electron chi connectivity index (χ4n) is 4.53. The quantitative estimate of drug-likeness (QED) is 0.304. The van der Waals surface area contributed by atoms with E-state index in [9.17, 15) is 9.90 Å². The highest BCUT2D eigenvalue weighted by Gasteiger charge is 2.32. The molecule has 0 radical (unpaired) electrons. The molecule has 33 heavy (non-hydrogen) atoms. The molecule has 0 saturated carbocycles. The number of esters is 1. The number of phenolic OH excluding ortho intramolecular Hbond substituents is 1. The van der Waals surface area contributed by atoms with Crippen molar-refractivity contribution >= 4 is 21.9 Å². The molecule has 0 saturated heterocycles. The lowest BCUT2D eigenvalue weighted by molar-refractivity contribution is 0.0386. The first kappa shape index (κ1) is 21.3. The number of phenols is 1. The Morgan fingerprint density at radius 1 is 0.848 bits per heavy atom. The normalized spacial score (nSPS) is 12.2. The second kappa shape index (κ2) is 8.41. The first-order valence-electron chi connectivity index (χ1n) is 10.6. The number of aromatic hydroxyl groups is 1. The predicted octanol–water partition coefficient (Wildman–Crippen LogP) is 7.07. The number of rotatable bonds is 4. The maximum Gasteiger partial charge on any atom is 0.339 e. The molecule has 1 N–H and O–H groups in total. The summed E-state index contributed by atoms with van der Waals surface area (Å²) in [6.45, 7) is 1.90. The Bertz CT molecular complexity index is 1350. The van der Waals surface area contributed by atoms with Gasteiger partial charge in [0.2, 0.25) is 0 Å². The van der Waals surface area contributed by atoms with Gasteiger partial charge in [0.25, 0.3) is 0 Å². The van der Waals surface area contributed by atoms with Gasteiger partial charge in [0.1, 0.15) is 0 Å². The lowest BCUT2D eigenvalue weighted by atomic mass is 9.94. The van der Waals surface area contributed by atoms with Crippen LogP contribution >= 0.6 is 15.9 Å². The molecule has 1 aliphatic carbocycles. The van der Waals surface area contributed by atoms with Crippen LogP contribution in [0.1, 0.15) is 33.2 Å². The molecule has 0 spiro atoms. The van der Waals surface area contributed by atoms with Crippen molar-refractivity contribution in [2.45, 2.75) is 13.0 Å². The zero-order valence-corrected chi connectivity index (χ0v) is 19.7. The van der Waals surface area contributed by atoms with Crippen molar-refractivity contribution in [3.05, 3.63) is 106 Å². The summed E-state index contributed by atoms with van der Waals surface area (Å²) in [6, 6.07) is 24.9. The van der Waals surface area contributed by atoms with E-state index in [4.69, 9.17) is 9.47 Å². The Morgan fingerprint density at radius 2 is 1.48 bits per heavy atom. The Hall–Kier alpha value is -3.57. The maximum absolute atomic E-state index is 13.6. The SMILES string of the molecule is COc1ccc(Br)c(-c2c(C)cccc2C(=O)OC2c3ccccc3-c3ccccc32)c1O. The molecule has 0 aromatic heterocycles. The summed E-state index contributed by atoms with van der Waals surface area (Å²) < 4.78 is 12.1. The van der Waals surface area contributed by atoms with E-state index < -0.39 is 12.1 Å². The highest BCUT2D eigenvalue weighted by Crippen LogP contribution is 2.47. The Labute approximate surface area is 200 Å². The summed E-state index contributed by atoms with van der Waals surface area (Å²) in [7, 11) is 1.49. The van der Waals surface area contributed by atoms with E-state index in [1.165, 1.54) is 7.11 Å². The molecular formula is C28H21BrO4. The Morgan fingerprint density at radius 3 is 2.12 bits per heavy atom. The van der Waals surface area contributed by atoms with E-state index in [2.05, 4.69) is 15.9 Å². The fraction of sp³-hybridized carbons (Fsp3) is 0.107. The Balaban J connectivity index is 1.61. The second-order valence-electron chi connectivity index (χ2n) is 7.93. The molecule has 0 atom stereocenters. The summed E-state index contributed by atoms with van der Waals surface area (Å²) >= 11 is 3.53. The third-order valence-corrected chi connectivity index (χ3v) is 6.72. The van der Waals surface area contributed by atoms with Gasteiger partial charge in [-0.15, -0.1) is 0 Å². The number of benzene rings is 4. The predicted molar refractivity (Wildman–Crippen MR) is 132 cm³/mol. The largest absolute Gasteiger partial charge is 0.504 e. The number of fused-ring (bicyclic) bond motifs is 3. The summed E-state index contributed by atoms with van der Waals surface area (Å²) in [5, 5.41) is 10.9. The number of aryl methyl sites for hydroxylation is 1. The molecule has 1 aliphatic rings. The highest BCUT2D eigenvalue weighted by molar-refractivity contribution is 9.10. The van der Waals surface area contributed by atoms with Crippen molar-refractivity contribution in [1.82, 2.24) is 0 Å². The third-order valence-electron chi connectivity index (χ3n) is 6.05. The number of hydrogen-bond acceptors (Lipinski definition) is 4. The average molecular weight is 501 g/mol. The molecular weight excluding hydrogens is 480 g/mol. The molecule has 5 rings (SSSR count). The van der Waals surface area contributed by atoms with Crippen molar-refractivity contribution < 1.29 is 19.4 Å². The molecule has 0 amide bonds. The van der Waals surface area contributed by atoms with Gasteiger partial charge in [-0.25, -0.2) is 4.79 Å². The van der Waals surface area contributed by atoms with Gasteiger partial charge >= 0.3 is 5.97 Å². The van der Waals surface area contributed by atoms with Crippen LogP contribution in [0.3, 0.4) is 0 Å². The van der Waals surface area contributed by atoms with E-state index in [0.717, 1.165) is 27.8 Å². The van der Waals surface area contributed by atoms with Crippen LogP contribution < -0.4 is 4.74 Å². The minimum atomic E-state index is -0.499. The van der Waals surface area contributed by atoms with Gasteiger partial charge in [0, 0.05) is 26.7 Å². The molecule has 0 aliphatic heterocycles. The summed E-state index contributed by atoms with van der Waals surface area (Å²) in [5.41, 5.74) is 6.38. The second-order valence-corrected chi connectivity index (χ2v) is 8.78. The number of halogens is 1. The Kier molecular flexibility index (Phi) is 5.43. The number of hydrogen-bond donors (Lipinski definition) is 1. The third kappa shape index (κ3) is 3.49. The molecule has 4 aromatic carbocycles. The van der Waals surface area contributed by atoms with Gasteiger partial charge < -0.3 is 14.6 Å². The van der Waals surface area contributed by atoms with Gasteiger partial charge in [-0.2, -0.15) is 0 Å². The summed E-state index contributed by atoms with van der Waals surface area (Å²) in [5.74, 6) is -0.166. The zero-order valence-electron chi connectivity index (χ0n) is 18.1. The number of ether oxygens (including phenoxy) is 2. The summed E-state index contributed by atoms with van der Waals surface area (Å²) in [6.07, 6.45) is -0.499. The first-order valence-corrected chi connectivity index (χ1v) is 11.3. The molecule has 4 nitrogen and oxygen atoms in total. The van der Waals surface area contributed by atoms with Gasteiger partial charge in [0.05, 0.1) is 12.7 Å². The van der Waals surface area contributed by atoms with Crippen LogP contribution in [0.4, 0.5) is 0 Å². The molecule has 0 fully saturated rings. The van der Waals surface area contributed by atoms with Crippen LogP contribution in [0.2, 0.25) is 0 Å². The maximum atomic E-state index is 13.6. The lowest BCUT2D eigenvalue weighted by Gasteiger charge is -2.19. The first-order chi connectivity index (χ1) is 16.0. The molecule has 164 valence electrons. The number of methoxy groups -OCH3 is 1. The van der Waals surface area contributed by atoms with Crippen LogP contribution in [0.25, 0.3) is 22.3 Å². The number of carbonyl (C=O) groups excluding carboxylic acids is 1. The van der Waals surface area contributed by atoms with Gasteiger partial charge in [-0.1, -0.05) is 76.6 Å². The standard InChI is InChI=1S/C28H21BrO4/c1-16-8-7-13-21(24(16)25-22(29)14-15-23(32-2)26(25)30)28(31)33-27-19-11-5-3-9-17(19)18-10-4-6-12-20(18)27/h3-15,27,30H,1-2H3. The molecule has 5 heteroatoms. The van der Waals surface area contributed by atoms with Gasteiger partial charge in [-0.3, -0.25) is 0 Å². The van der Waals surface area contributed by atoms with E-state index in [1.54, 1.807) is 18.2 Å². The van der Waals surface area contributed by atoms with Crippen LogP contribution in [-0.2, 0) is 4.74 Å². The smallest absolute Gasteiger partial charge is 0.339 e. The van der Waals surface area contributed by atoms with E-state index in [-0.39, 0.29) is 5.75 Å². The van der Waals surface area contributed by atoms with Crippen molar-refractivity contribution in [3.8, 4) is 33.8 Å². The van der Waals surface area contributed by atoms with Gasteiger partial charge in [-0.05, 0) is 41.8 Å². The van der Waals surface area contributed by atoms with E-state index in [1.807, 2.05) is 67.6 Å². The molecule has 0 bridgehead atoms. The van der Waals surface area contributed by atoms with E-state index >= 15 is 0 Å². The molecule has 0 unspecified atom stereocenters. The minimum Gasteiger partial charge on any atom is -0.504 e. The monoisotopic (exact) mass is 500 g/mol. The number of carbonyl (C=O) groups is 1. The van der Waals surface area contributed by atoms with Crippen molar-refractivity contribution in [2.24, 2.45) is 0 Å². The fourth-order valence-corrected chi connectivity index (χ4v) is 5.04. The van der Waals surface area contributed by atoms with Crippen LogP contribution in [-0.4, -0.2) is 18.2 Å². The van der Waals surface area contributed by atoms with Crippen molar-refractivity contribution in [2.75, 3.05) is 7.11 Å². The molecule has 4 aromatic rings. The topological polar surface area (TPSA) is 55.8 Å². The van der Waals surface area contributed by atoms with E-state index in [0.29, 0.717) is 26.9 Å². The van der Waals surface area contributed by atoms with Crippen molar-refractivity contribution in [3.63, 3.8) is 0 Å². The van der Waals surface area contributed by atoms with Crippen LogP contribution in [0, 0.1) is 6.92 Å². The minimum absolute atomic E-state index is 0.0354. The van der Waals surface area contributed by atoms with Crippen molar-refractivity contribution in [1.29, 1.82) is 0 Å². The zero-order chi connectivity index (χ0) is 23.1. The highest BCUT2D eigenvalue weighted by atomic mass is 79.9. The molecule has 0 heterocycles. The van der Waals surface area contributed by atoms with Gasteiger partial charge in [0.15, 0.2) is 17.6 Å². The summed E-state index contributed by atoms with van der Waals surface area (Å²) in [4.78, 5) is 13.6. The average Bonchev–Trinajstić information content (AvgIpc) is 3.14.